The van der Waals surface area contributed by atoms with Crippen LogP contribution in [0.15, 0.2) is 78.9 Å². The minimum atomic E-state index is -3.89. The first-order valence-corrected chi connectivity index (χ1v) is 16.0. The largest absolute Gasteiger partial charge is 0.489 e. The Labute approximate surface area is 247 Å². The normalized spacial score (nSPS) is 14.5. The third-order valence-electron chi connectivity index (χ3n) is 7.47. The summed E-state index contributed by atoms with van der Waals surface area (Å²) in [5.41, 5.74) is 1.48. The van der Waals surface area contributed by atoms with Crippen LogP contribution in [0.25, 0.3) is 0 Å². The number of hydrogen-bond acceptors (Lipinski definition) is 5. The van der Waals surface area contributed by atoms with Crippen molar-refractivity contribution in [3.8, 4) is 5.75 Å². The number of anilines is 1. The van der Waals surface area contributed by atoms with Crippen LogP contribution >= 0.6 is 0 Å². The van der Waals surface area contributed by atoms with E-state index < -0.39 is 34.3 Å². The van der Waals surface area contributed by atoms with Crippen LogP contribution < -0.4 is 14.4 Å². The number of ether oxygens (including phenoxy) is 1. The number of halogens is 1. The zero-order chi connectivity index (χ0) is 30.1. The first-order valence-electron chi connectivity index (χ1n) is 14.2. The van der Waals surface area contributed by atoms with E-state index in [-0.39, 0.29) is 29.7 Å². The van der Waals surface area contributed by atoms with Crippen molar-refractivity contribution in [2.24, 2.45) is 0 Å². The Hall–Kier alpha value is -3.92. The second-order valence-electron chi connectivity index (χ2n) is 10.7. The van der Waals surface area contributed by atoms with Crippen LogP contribution in [0.2, 0.25) is 0 Å². The van der Waals surface area contributed by atoms with Crippen LogP contribution in [0, 0.1) is 5.82 Å². The predicted octanol–water partition coefficient (Wildman–Crippen LogP) is 5.04. The molecule has 10 heteroatoms. The Morgan fingerprint density at radius 3 is 2.24 bits per heavy atom. The molecule has 1 N–H and O–H groups in total. The highest BCUT2D eigenvalue weighted by Gasteiger charge is 2.31. The molecule has 0 unspecified atom stereocenters. The number of nitrogens with one attached hydrogen (secondary N) is 1. The lowest BCUT2D eigenvalue weighted by molar-refractivity contribution is -0.139. The average Bonchev–Trinajstić information content (AvgIpc) is 2.99. The Kier molecular flexibility index (Phi) is 10.6. The number of rotatable bonds is 12. The molecule has 0 spiro atoms. The molecule has 3 aromatic carbocycles. The molecule has 8 nitrogen and oxygen atoms in total. The van der Waals surface area contributed by atoms with E-state index in [4.69, 9.17) is 4.74 Å². The fraction of sp³-hybridized carbons (Fsp3) is 0.375. The highest BCUT2D eigenvalue weighted by Crippen LogP contribution is 2.24. The van der Waals surface area contributed by atoms with Gasteiger partial charge in [-0.25, -0.2) is 12.8 Å². The van der Waals surface area contributed by atoms with Crippen molar-refractivity contribution >= 4 is 27.5 Å². The maximum Gasteiger partial charge on any atom is 0.244 e. The van der Waals surface area contributed by atoms with E-state index in [0.717, 1.165) is 48.2 Å². The molecule has 42 heavy (non-hydrogen) atoms. The molecule has 4 rings (SSSR count). The van der Waals surface area contributed by atoms with Gasteiger partial charge in [0.25, 0.3) is 0 Å². The molecule has 0 bridgehead atoms. The molecule has 1 saturated carbocycles. The minimum absolute atomic E-state index is 0.0225. The number of nitrogens with zero attached hydrogens (tertiary/aromatic N) is 2. The van der Waals surface area contributed by atoms with Crippen molar-refractivity contribution in [1.29, 1.82) is 0 Å². The average molecular weight is 596 g/mol. The maximum atomic E-state index is 14.6. The summed E-state index contributed by atoms with van der Waals surface area (Å²) in [6.07, 6.45) is 5.92. The van der Waals surface area contributed by atoms with Crippen molar-refractivity contribution in [2.75, 3.05) is 17.1 Å². The molecule has 3 aromatic rings. The smallest absolute Gasteiger partial charge is 0.244 e. The van der Waals surface area contributed by atoms with Crippen molar-refractivity contribution in [1.82, 2.24) is 10.2 Å². The summed E-state index contributed by atoms with van der Waals surface area (Å²) >= 11 is 0. The van der Waals surface area contributed by atoms with Gasteiger partial charge in [0, 0.05) is 18.2 Å². The van der Waals surface area contributed by atoms with Gasteiger partial charge in [-0.1, -0.05) is 67.8 Å². The summed E-state index contributed by atoms with van der Waals surface area (Å²) in [5, 5.41) is 3.03. The number of hydrogen-bond donors (Lipinski definition) is 1. The van der Waals surface area contributed by atoms with Gasteiger partial charge in [0.05, 0.1) is 11.9 Å². The van der Waals surface area contributed by atoms with Gasteiger partial charge in [0.1, 0.15) is 30.8 Å². The molecule has 0 aliphatic heterocycles. The zero-order valence-electron chi connectivity index (χ0n) is 24.0. The minimum Gasteiger partial charge on any atom is -0.489 e. The Balaban J connectivity index is 1.52. The first kappa shape index (κ1) is 31.0. The summed E-state index contributed by atoms with van der Waals surface area (Å²) in [4.78, 5) is 28.2. The van der Waals surface area contributed by atoms with Crippen LogP contribution in [0.5, 0.6) is 5.75 Å². The third-order valence-corrected chi connectivity index (χ3v) is 8.61. The topological polar surface area (TPSA) is 96.0 Å². The number of sulfonamides is 1. The standard InChI is InChI=1S/C32H38FN3O5S/c1-24(32(38)34-27-14-7-4-8-15-27)35(21-26-13-9-10-16-30(26)33)31(37)22-36(42(2,39)40)28-17-19-29(20-18-28)41-23-25-11-5-3-6-12-25/h3,5-6,9-13,16-20,24,27H,4,7-8,14-15,21-23H2,1-2H3,(H,34,38)/t24-/m0/s1. The highest BCUT2D eigenvalue weighted by atomic mass is 32.2. The summed E-state index contributed by atoms with van der Waals surface area (Å²) in [6.45, 7) is 1.19. The van der Waals surface area contributed by atoms with E-state index in [0.29, 0.717) is 12.4 Å². The van der Waals surface area contributed by atoms with E-state index >= 15 is 0 Å². The summed E-state index contributed by atoms with van der Waals surface area (Å²) in [7, 11) is -3.89. The van der Waals surface area contributed by atoms with E-state index in [1.165, 1.54) is 11.0 Å². The fourth-order valence-corrected chi connectivity index (χ4v) is 5.87. The van der Waals surface area contributed by atoms with Crippen molar-refractivity contribution in [2.45, 2.75) is 64.3 Å². The van der Waals surface area contributed by atoms with Gasteiger partial charge in [-0.2, -0.15) is 0 Å². The lowest BCUT2D eigenvalue weighted by Crippen LogP contribution is -2.53. The summed E-state index contributed by atoms with van der Waals surface area (Å²) in [5.74, 6) is -0.949. The van der Waals surface area contributed by atoms with Crippen LogP contribution in [0.1, 0.15) is 50.2 Å². The molecule has 0 heterocycles. The monoisotopic (exact) mass is 595 g/mol. The number of carbonyl (C=O) groups excluding carboxylic acids is 2. The summed E-state index contributed by atoms with van der Waals surface area (Å²) < 4.78 is 47.1. The van der Waals surface area contributed by atoms with Crippen molar-refractivity contribution < 1.29 is 27.1 Å². The van der Waals surface area contributed by atoms with Crippen molar-refractivity contribution in [3.05, 3.63) is 95.8 Å². The summed E-state index contributed by atoms with van der Waals surface area (Å²) in [6, 6.07) is 21.1. The van der Waals surface area contributed by atoms with Crippen molar-refractivity contribution in [3.63, 3.8) is 0 Å². The van der Waals surface area contributed by atoms with Gasteiger partial charge in [0.2, 0.25) is 21.8 Å². The van der Waals surface area contributed by atoms with E-state index in [1.54, 1.807) is 49.4 Å². The second-order valence-corrected chi connectivity index (χ2v) is 12.6. The molecule has 1 aliphatic carbocycles. The second kappa shape index (κ2) is 14.3. The number of benzene rings is 3. The fourth-order valence-electron chi connectivity index (χ4n) is 5.02. The zero-order valence-corrected chi connectivity index (χ0v) is 24.9. The van der Waals surface area contributed by atoms with E-state index in [1.807, 2.05) is 30.3 Å². The molecular formula is C32H38FN3O5S. The van der Waals surface area contributed by atoms with Crippen LogP contribution in [0.3, 0.4) is 0 Å². The lowest BCUT2D eigenvalue weighted by Gasteiger charge is -2.33. The molecule has 2 amide bonds. The number of amides is 2. The number of carbonyl (C=O) groups is 2. The molecule has 1 fully saturated rings. The van der Waals surface area contributed by atoms with E-state index in [9.17, 15) is 22.4 Å². The lowest BCUT2D eigenvalue weighted by atomic mass is 9.95. The molecule has 0 saturated heterocycles. The van der Waals surface area contributed by atoms with Crippen LogP contribution in [-0.2, 0) is 32.8 Å². The van der Waals surface area contributed by atoms with E-state index in [2.05, 4.69) is 5.32 Å². The molecule has 1 atom stereocenters. The molecule has 1 aliphatic rings. The van der Waals surface area contributed by atoms with Gasteiger partial charge in [-0.05, 0) is 55.7 Å². The van der Waals surface area contributed by atoms with Crippen LogP contribution in [0.4, 0.5) is 10.1 Å². The van der Waals surface area contributed by atoms with Gasteiger partial charge < -0.3 is 15.0 Å². The SMILES string of the molecule is C[C@@H](C(=O)NC1CCCCC1)N(Cc1ccccc1F)C(=O)CN(c1ccc(OCc2ccccc2)cc1)S(C)(=O)=O. The van der Waals surface area contributed by atoms with Gasteiger partial charge in [-0.15, -0.1) is 0 Å². The van der Waals surface area contributed by atoms with Gasteiger partial charge >= 0.3 is 0 Å². The van der Waals surface area contributed by atoms with Gasteiger partial charge in [0.15, 0.2) is 0 Å². The maximum absolute atomic E-state index is 14.6. The Bertz CT molecular complexity index is 1440. The molecule has 0 aromatic heterocycles. The first-order chi connectivity index (χ1) is 20.1. The molecule has 0 radical (unpaired) electrons. The van der Waals surface area contributed by atoms with Crippen LogP contribution in [-0.4, -0.2) is 50.0 Å². The third kappa shape index (κ3) is 8.55. The molecular weight excluding hydrogens is 557 g/mol. The quantitative estimate of drug-likeness (QED) is 0.317. The highest BCUT2D eigenvalue weighted by molar-refractivity contribution is 7.92. The van der Waals surface area contributed by atoms with Gasteiger partial charge in [-0.3, -0.25) is 13.9 Å². The molecule has 224 valence electrons. The Morgan fingerprint density at radius 2 is 1.60 bits per heavy atom. The predicted molar refractivity (Wildman–Crippen MR) is 161 cm³/mol. The Morgan fingerprint density at radius 1 is 0.952 bits per heavy atom.